The number of nitrogens with zero attached hydrogens (tertiary/aromatic N) is 1. The zero-order chi connectivity index (χ0) is 12.1. The van der Waals surface area contributed by atoms with Gasteiger partial charge in [-0.15, -0.1) is 0 Å². The molecule has 0 aromatic heterocycles. The van der Waals surface area contributed by atoms with Crippen LogP contribution in [0.15, 0.2) is 12.5 Å². The Balaban J connectivity index is 2.61. The summed E-state index contributed by atoms with van der Waals surface area (Å²) in [5, 5.41) is 3.03. The van der Waals surface area contributed by atoms with Gasteiger partial charge >= 0.3 is 0 Å². The number of ether oxygens (including phenoxy) is 1. The first kappa shape index (κ1) is 12.9. The molecule has 1 amide bonds. The third kappa shape index (κ3) is 3.15. The molecule has 1 aliphatic heterocycles. The van der Waals surface area contributed by atoms with E-state index in [1.807, 2.05) is 18.7 Å². The van der Waals surface area contributed by atoms with E-state index in [9.17, 15) is 4.79 Å². The largest absolute Gasteiger partial charge is 0.483 e. The van der Waals surface area contributed by atoms with Gasteiger partial charge in [-0.05, 0) is 25.3 Å². The van der Waals surface area contributed by atoms with Crippen molar-refractivity contribution in [1.82, 2.24) is 10.2 Å². The molecule has 0 aliphatic carbocycles. The van der Waals surface area contributed by atoms with E-state index in [1.54, 1.807) is 7.11 Å². The first-order valence-electron chi connectivity index (χ1n) is 5.84. The third-order valence-corrected chi connectivity index (χ3v) is 2.91. The predicted molar refractivity (Wildman–Crippen MR) is 63.7 cm³/mol. The number of carbonyl (C=O) groups excluding carboxylic acids is 1. The summed E-state index contributed by atoms with van der Waals surface area (Å²) in [5.41, 5.74) is 0. The second-order valence-electron chi connectivity index (χ2n) is 4.53. The lowest BCUT2D eigenvalue weighted by atomic mass is 10.0. The number of nitrogens with one attached hydrogen (secondary N) is 1. The number of amides is 1. The number of likely N-dealkylation sites (tertiary alicyclic amines) is 1. The number of carbonyl (C=O) groups is 1. The highest BCUT2D eigenvalue weighted by Gasteiger charge is 2.28. The maximum Gasteiger partial charge on any atom is 0.245 e. The first-order chi connectivity index (χ1) is 7.56. The minimum atomic E-state index is -0.231. The van der Waals surface area contributed by atoms with E-state index in [-0.39, 0.29) is 17.9 Å². The van der Waals surface area contributed by atoms with Gasteiger partial charge in [0.2, 0.25) is 5.91 Å². The van der Waals surface area contributed by atoms with Crippen LogP contribution in [0, 0.1) is 5.92 Å². The highest BCUT2D eigenvalue weighted by atomic mass is 16.5. The zero-order valence-corrected chi connectivity index (χ0v) is 10.5. The van der Waals surface area contributed by atoms with Crippen LogP contribution in [0.1, 0.15) is 26.7 Å². The van der Waals surface area contributed by atoms with Crippen LogP contribution in [0.4, 0.5) is 0 Å². The van der Waals surface area contributed by atoms with Gasteiger partial charge in [0.1, 0.15) is 6.04 Å². The standard InChI is InChI=1S/C12H22N2O2/c1-9(2)11(13-10(3)16-4)12(15)14-7-5-6-8-14/h9,11,13H,3,5-8H2,1-2,4H3. The summed E-state index contributed by atoms with van der Waals surface area (Å²) >= 11 is 0. The van der Waals surface area contributed by atoms with E-state index in [4.69, 9.17) is 4.74 Å². The van der Waals surface area contributed by atoms with Gasteiger partial charge in [0.05, 0.1) is 7.11 Å². The van der Waals surface area contributed by atoms with Crippen molar-refractivity contribution in [1.29, 1.82) is 0 Å². The lowest BCUT2D eigenvalue weighted by Gasteiger charge is -2.27. The summed E-state index contributed by atoms with van der Waals surface area (Å²) in [6, 6.07) is -0.231. The summed E-state index contributed by atoms with van der Waals surface area (Å²) < 4.78 is 4.97. The fourth-order valence-corrected chi connectivity index (χ4v) is 1.88. The average molecular weight is 226 g/mol. The maximum atomic E-state index is 12.2. The number of hydrogen-bond acceptors (Lipinski definition) is 3. The lowest BCUT2D eigenvalue weighted by Crippen LogP contribution is -2.48. The van der Waals surface area contributed by atoms with Gasteiger partial charge in [-0.1, -0.05) is 13.8 Å². The van der Waals surface area contributed by atoms with E-state index in [0.29, 0.717) is 5.88 Å². The molecule has 1 heterocycles. The number of methoxy groups -OCH3 is 1. The van der Waals surface area contributed by atoms with Gasteiger partial charge in [0.15, 0.2) is 5.88 Å². The molecular weight excluding hydrogens is 204 g/mol. The van der Waals surface area contributed by atoms with Crippen LogP contribution >= 0.6 is 0 Å². The van der Waals surface area contributed by atoms with Crippen molar-refractivity contribution < 1.29 is 9.53 Å². The van der Waals surface area contributed by atoms with Gasteiger partial charge in [0.25, 0.3) is 0 Å². The fraction of sp³-hybridized carbons (Fsp3) is 0.750. The quantitative estimate of drug-likeness (QED) is 0.719. The molecule has 1 N–H and O–H groups in total. The molecule has 0 radical (unpaired) electrons. The molecule has 0 spiro atoms. The van der Waals surface area contributed by atoms with Gasteiger partial charge in [-0.3, -0.25) is 4.79 Å². The monoisotopic (exact) mass is 226 g/mol. The van der Waals surface area contributed by atoms with Crippen molar-refractivity contribution >= 4 is 5.91 Å². The number of hydrogen-bond donors (Lipinski definition) is 1. The molecule has 1 atom stereocenters. The predicted octanol–water partition coefficient (Wildman–Crippen LogP) is 1.34. The Morgan fingerprint density at radius 3 is 2.38 bits per heavy atom. The van der Waals surface area contributed by atoms with Crippen molar-refractivity contribution in [3.8, 4) is 0 Å². The van der Waals surface area contributed by atoms with Crippen LogP contribution in [-0.4, -0.2) is 37.0 Å². The molecule has 0 saturated carbocycles. The molecule has 1 saturated heterocycles. The fourth-order valence-electron chi connectivity index (χ4n) is 1.88. The Kier molecular flexibility index (Phi) is 4.65. The lowest BCUT2D eigenvalue weighted by molar-refractivity contribution is -0.133. The molecule has 4 heteroatoms. The highest BCUT2D eigenvalue weighted by Crippen LogP contribution is 2.13. The van der Waals surface area contributed by atoms with Gasteiger partial charge < -0.3 is 15.0 Å². The molecule has 1 rings (SSSR count). The third-order valence-electron chi connectivity index (χ3n) is 2.91. The Bertz CT molecular complexity index is 258. The van der Waals surface area contributed by atoms with E-state index in [0.717, 1.165) is 25.9 Å². The van der Waals surface area contributed by atoms with Crippen molar-refractivity contribution in [2.45, 2.75) is 32.7 Å². The number of rotatable bonds is 5. The zero-order valence-electron chi connectivity index (χ0n) is 10.5. The molecule has 16 heavy (non-hydrogen) atoms. The molecule has 4 nitrogen and oxygen atoms in total. The van der Waals surface area contributed by atoms with E-state index < -0.39 is 0 Å². The molecular formula is C12H22N2O2. The van der Waals surface area contributed by atoms with Crippen molar-refractivity contribution in [2.24, 2.45) is 5.92 Å². The molecule has 1 fully saturated rings. The molecule has 0 aromatic carbocycles. The van der Waals surface area contributed by atoms with Crippen molar-refractivity contribution in [3.63, 3.8) is 0 Å². The highest BCUT2D eigenvalue weighted by molar-refractivity contribution is 5.82. The van der Waals surface area contributed by atoms with Crippen LogP contribution in [-0.2, 0) is 9.53 Å². The van der Waals surface area contributed by atoms with E-state index in [1.165, 1.54) is 0 Å². The SMILES string of the molecule is C=C(NC(C(=O)N1CCCC1)C(C)C)OC. The topological polar surface area (TPSA) is 41.6 Å². The summed E-state index contributed by atoms with van der Waals surface area (Å²) in [4.78, 5) is 14.1. The normalized spacial score (nSPS) is 17.4. The minimum absolute atomic E-state index is 0.158. The summed E-state index contributed by atoms with van der Waals surface area (Å²) in [6.45, 7) is 9.50. The minimum Gasteiger partial charge on any atom is -0.483 e. The van der Waals surface area contributed by atoms with E-state index in [2.05, 4.69) is 11.9 Å². The molecule has 1 unspecified atom stereocenters. The molecule has 0 bridgehead atoms. The first-order valence-corrected chi connectivity index (χ1v) is 5.84. The van der Waals surface area contributed by atoms with E-state index >= 15 is 0 Å². The molecule has 92 valence electrons. The Hall–Kier alpha value is -1.19. The summed E-state index contributed by atoms with van der Waals surface area (Å²) in [5.74, 6) is 0.831. The van der Waals surface area contributed by atoms with Crippen LogP contribution in [0.3, 0.4) is 0 Å². The molecule has 1 aliphatic rings. The van der Waals surface area contributed by atoms with Crippen LogP contribution in [0.25, 0.3) is 0 Å². The second-order valence-corrected chi connectivity index (χ2v) is 4.53. The maximum absolute atomic E-state index is 12.2. The smallest absolute Gasteiger partial charge is 0.245 e. The Morgan fingerprint density at radius 1 is 1.38 bits per heavy atom. The van der Waals surface area contributed by atoms with Crippen molar-refractivity contribution in [3.05, 3.63) is 12.5 Å². The van der Waals surface area contributed by atoms with Gasteiger partial charge in [-0.25, -0.2) is 0 Å². The van der Waals surface area contributed by atoms with Crippen LogP contribution in [0.2, 0.25) is 0 Å². The van der Waals surface area contributed by atoms with Gasteiger partial charge in [0, 0.05) is 13.1 Å². The molecule has 0 aromatic rings. The summed E-state index contributed by atoms with van der Waals surface area (Å²) in [7, 11) is 1.55. The van der Waals surface area contributed by atoms with Crippen molar-refractivity contribution in [2.75, 3.05) is 20.2 Å². The summed E-state index contributed by atoms with van der Waals surface area (Å²) in [6.07, 6.45) is 2.23. The van der Waals surface area contributed by atoms with Crippen LogP contribution < -0.4 is 5.32 Å². The van der Waals surface area contributed by atoms with Crippen LogP contribution in [0.5, 0.6) is 0 Å². The average Bonchev–Trinajstić information content (AvgIpc) is 2.77. The second kappa shape index (κ2) is 5.77. The Morgan fingerprint density at radius 2 is 1.94 bits per heavy atom. The Labute approximate surface area is 97.6 Å². The van der Waals surface area contributed by atoms with Gasteiger partial charge in [-0.2, -0.15) is 0 Å².